The average Bonchev–Trinajstić information content (AvgIpc) is 2.82. The number of rotatable bonds is 6. The zero-order valence-corrected chi connectivity index (χ0v) is 17.9. The van der Waals surface area contributed by atoms with E-state index in [1.807, 2.05) is 36.4 Å². The van der Waals surface area contributed by atoms with E-state index in [-0.39, 0.29) is 22.4 Å². The van der Waals surface area contributed by atoms with Crippen LogP contribution in [-0.4, -0.2) is 33.8 Å². The molecule has 0 aliphatic carbocycles. The van der Waals surface area contributed by atoms with E-state index >= 15 is 0 Å². The number of aromatic nitrogens is 2. The van der Waals surface area contributed by atoms with Gasteiger partial charge in [0.15, 0.2) is 11.5 Å². The zero-order chi connectivity index (χ0) is 22.5. The molecule has 160 valence electrons. The molecule has 7 nitrogen and oxygen atoms in total. The van der Waals surface area contributed by atoms with Crippen LogP contribution in [0.3, 0.4) is 0 Å². The maximum absolute atomic E-state index is 13.0. The molecule has 2 heterocycles. The average molecular weight is 447 g/mol. The minimum atomic E-state index is -0.384. The van der Waals surface area contributed by atoms with Crippen LogP contribution >= 0.6 is 11.6 Å². The Morgan fingerprint density at radius 3 is 2.75 bits per heavy atom. The molecule has 0 fully saturated rings. The summed E-state index contributed by atoms with van der Waals surface area (Å²) in [5, 5.41) is 14.8. The highest BCUT2D eigenvalue weighted by Gasteiger charge is 2.14. The van der Waals surface area contributed by atoms with Crippen LogP contribution in [0.25, 0.3) is 22.2 Å². The van der Waals surface area contributed by atoms with Gasteiger partial charge in [0, 0.05) is 23.3 Å². The standard InChI is InChI=1S/C24H19ClN4O3/c1-2-32-22-12-15(11-19(25)23(22)30)14-27-29-24(31)18-13-21(16-7-9-26-10-8-16)28-20-6-4-3-5-17(18)20/h3-14,30H,2H2,1H3,(H,29,31)/b27-14+. The van der Waals surface area contributed by atoms with Gasteiger partial charge in [-0.3, -0.25) is 9.78 Å². The van der Waals surface area contributed by atoms with Crippen LogP contribution in [0.4, 0.5) is 0 Å². The molecule has 32 heavy (non-hydrogen) atoms. The van der Waals surface area contributed by atoms with Crippen molar-refractivity contribution in [3.8, 4) is 22.8 Å². The van der Waals surface area contributed by atoms with Crippen molar-refractivity contribution in [1.82, 2.24) is 15.4 Å². The Morgan fingerprint density at radius 2 is 1.97 bits per heavy atom. The highest BCUT2D eigenvalue weighted by atomic mass is 35.5. The van der Waals surface area contributed by atoms with E-state index in [1.54, 1.807) is 31.5 Å². The number of nitrogens with one attached hydrogen (secondary N) is 1. The van der Waals surface area contributed by atoms with Crippen LogP contribution in [0, 0.1) is 0 Å². The predicted molar refractivity (Wildman–Crippen MR) is 124 cm³/mol. The molecule has 2 N–H and O–H groups in total. The van der Waals surface area contributed by atoms with Crippen LogP contribution in [-0.2, 0) is 0 Å². The first-order valence-electron chi connectivity index (χ1n) is 9.85. The van der Waals surface area contributed by atoms with E-state index in [0.29, 0.717) is 34.3 Å². The van der Waals surface area contributed by atoms with Gasteiger partial charge in [0.2, 0.25) is 0 Å². The third kappa shape index (κ3) is 4.53. The Balaban J connectivity index is 1.63. The van der Waals surface area contributed by atoms with Gasteiger partial charge in [-0.2, -0.15) is 5.10 Å². The molecule has 8 heteroatoms. The van der Waals surface area contributed by atoms with E-state index in [2.05, 4.69) is 20.5 Å². The fourth-order valence-corrected chi connectivity index (χ4v) is 3.41. The van der Waals surface area contributed by atoms with Gasteiger partial charge in [0.25, 0.3) is 5.91 Å². The summed E-state index contributed by atoms with van der Waals surface area (Å²) in [7, 11) is 0. The Labute approximate surface area is 189 Å². The van der Waals surface area contributed by atoms with Crippen molar-refractivity contribution >= 4 is 34.6 Å². The van der Waals surface area contributed by atoms with E-state index in [4.69, 9.17) is 16.3 Å². The van der Waals surface area contributed by atoms with Crippen molar-refractivity contribution in [3.63, 3.8) is 0 Å². The van der Waals surface area contributed by atoms with Crippen molar-refractivity contribution in [2.24, 2.45) is 5.10 Å². The molecule has 2 aromatic carbocycles. The Bertz CT molecular complexity index is 1310. The van der Waals surface area contributed by atoms with Crippen molar-refractivity contribution < 1.29 is 14.6 Å². The van der Waals surface area contributed by atoms with E-state index in [1.165, 1.54) is 12.3 Å². The van der Waals surface area contributed by atoms with E-state index in [9.17, 15) is 9.90 Å². The number of para-hydroxylation sites is 1. The highest BCUT2D eigenvalue weighted by Crippen LogP contribution is 2.34. The molecule has 4 rings (SSSR count). The number of aromatic hydroxyl groups is 1. The predicted octanol–water partition coefficient (Wildman–Crippen LogP) is 4.82. The second kappa shape index (κ2) is 9.45. The van der Waals surface area contributed by atoms with Gasteiger partial charge in [-0.25, -0.2) is 10.4 Å². The normalized spacial score (nSPS) is 11.1. The number of ether oxygens (including phenoxy) is 1. The molecule has 0 bridgehead atoms. The Morgan fingerprint density at radius 1 is 1.19 bits per heavy atom. The number of benzene rings is 2. The third-order valence-electron chi connectivity index (χ3n) is 4.67. The summed E-state index contributed by atoms with van der Waals surface area (Å²) in [4.78, 5) is 21.7. The summed E-state index contributed by atoms with van der Waals surface area (Å²) >= 11 is 6.04. The van der Waals surface area contributed by atoms with Gasteiger partial charge in [0.05, 0.1) is 34.6 Å². The first-order chi connectivity index (χ1) is 15.6. The van der Waals surface area contributed by atoms with Gasteiger partial charge in [0.1, 0.15) is 0 Å². The number of hydrogen-bond acceptors (Lipinski definition) is 6. The van der Waals surface area contributed by atoms with Crippen molar-refractivity contribution in [2.45, 2.75) is 6.92 Å². The summed E-state index contributed by atoms with van der Waals surface area (Å²) in [6.07, 6.45) is 4.78. The molecule has 0 atom stereocenters. The number of hydrazone groups is 1. The molecular formula is C24H19ClN4O3. The van der Waals surface area contributed by atoms with Crippen LogP contribution in [0.5, 0.6) is 11.5 Å². The smallest absolute Gasteiger partial charge is 0.272 e. The number of carbonyl (C=O) groups is 1. The molecule has 0 saturated carbocycles. The lowest BCUT2D eigenvalue weighted by Gasteiger charge is -2.09. The fraction of sp³-hybridized carbons (Fsp3) is 0.0833. The number of hydrogen-bond donors (Lipinski definition) is 2. The van der Waals surface area contributed by atoms with Gasteiger partial charge in [-0.05, 0) is 48.9 Å². The second-order valence-corrected chi connectivity index (χ2v) is 7.20. The van der Waals surface area contributed by atoms with E-state index < -0.39 is 0 Å². The largest absolute Gasteiger partial charge is 0.503 e. The lowest BCUT2D eigenvalue weighted by atomic mass is 10.0. The first kappa shape index (κ1) is 21.3. The van der Waals surface area contributed by atoms with Crippen LogP contribution in [0.2, 0.25) is 5.02 Å². The summed E-state index contributed by atoms with van der Waals surface area (Å²) in [5.74, 6) is -0.276. The number of phenols is 1. The highest BCUT2D eigenvalue weighted by molar-refractivity contribution is 6.32. The van der Waals surface area contributed by atoms with Crippen molar-refractivity contribution in [2.75, 3.05) is 6.61 Å². The summed E-state index contributed by atoms with van der Waals surface area (Å²) in [6.45, 7) is 2.17. The first-order valence-corrected chi connectivity index (χ1v) is 10.2. The Hall–Kier alpha value is -3.97. The zero-order valence-electron chi connectivity index (χ0n) is 17.1. The topological polar surface area (TPSA) is 96.7 Å². The van der Waals surface area contributed by atoms with Crippen molar-refractivity contribution in [1.29, 1.82) is 0 Å². The molecule has 0 aliphatic rings. The maximum atomic E-state index is 13.0. The van der Waals surface area contributed by atoms with Crippen LogP contribution in [0.15, 0.2) is 72.1 Å². The van der Waals surface area contributed by atoms with E-state index in [0.717, 1.165) is 5.56 Å². The number of fused-ring (bicyclic) bond motifs is 1. The lowest BCUT2D eigenvalue weighted by Crippen LogP contribution is -2.18. The molecule has 0 radical (unpaired) electrons. The van der Waals surface area contributed by atoms with Crippen LogP contribution in [0.1, 0.15) is 22.8 Å². The van der Waals surface area contributed by atoms with Gasteiger partial charge >= 0.3 is 0 Å². The van der Waals surface area contributed by atoms with Crippen LogP contribution < -0.4 is 10.2 Å². The molecular weight excluding hydrogens is 428 g/mol. The molecule has 4 aromatic rings. The quantitative estimate of drug-likeness (QED) is 0.327. The second-order valence-electron chi connectivity index (χ2n) is 6.79. The monoisotopic (exact) mass is 446 g/mol. The molecule has 0 saturated heterocycles. The summed E-state index contributed by atoms with van der Waals surface area (Å²) < 4.78 is 5.36. The summed E-state index contributed by atoms with van der Waals surface area (Å²) in [6, 6.07) is 15.9. The minimum Gasteiger partial charge on any atom is -0.503 e. The van der Waals surface area contributed by atoms with Crippen molar-refractivity contribution in [3.05, 3.63) is 83.1 Å². The van der Waals surface area contributed by atoms with Gasteiger partial charge in [-0.15, -0.1) is 0 Å². The molecule has 2 aromatic heterocycles. The van der Waals surface area contributed by atoms with Gasteiger partial charge < -0.3 is 9.84 Å². The Kier molecular flexibility index (Phi) is 6.28. The molecule has 0 unspecified atom stereocenters. The number of nitrogens with zero attached hydrogens (tertiary/aromatic N) is 3. The third-order valence-corrected chi connectivity index (χ3v) is 4.96. The molecule has 1 amide bonds. The number of pyridine rings is 2. The summed E-state index contributed by atoms with van der Waals surface area (Å²) in [5.41, 5.74) is 5.76. The lowest BCUT2D eigenvalue weighted by molar-refractivity contribution is 0.0956. The number of halogens is 1. The maximum Gasteiger partial charge on any atom is 0.272 e. The molecule has 0 spiro atoms. The minimum absolute atomic E-state index is 0.130. The molecule has 0 aliphatic heterocycles. The fourth-order valence-electron chi connectivity index (χ4n) is 3.19. The number of phenolic OH excluding ortho intramolecular Hbond substituents is 1. The number of carbonyl (C=O) groups excluding carboxylic acids is 1. The SMILES string of the molecule is CCOc1cc(/C=N/NC(=O)c2cc(-c3ccncc3)nc3ccccc23)cc(Cl)c1O. The van der Waals surface area contributed by atoms with Gasteiger partial charge in [-0.1, -0.05) is 29.8 Å². The number of amides is 1.